The van der Waals surface area contributed by atoms with Gasteiger partial charge in [0.1, 0.15) is 24.5 Å². The topological polar surface area (TPSA) is 52.0 Å². The van der Waals surface area contributed by atoms with Crippen LogP contribution in [0.1, 0.15) is 5.56 Å². The molecule has 0 radical (unpaired) electrons. The van der Waals surface area contributed by atoms with Gasteiger partial charge in [-0.1, -0.05) is 21.9 Å². The van der Waals surface area contributed by atoms with Crippen LogP contribution in [0.4, 0.5) is 5.69 Å². The smallest absolute Gasteiger partial charge is 0.148 e. The molecule has 120 valence electrons. The van der Waals surface area contributed by atoms with Crippen LogP contribution in [-0.2, 0) is 6.54 Å². The average Bonchev–Trinajstić information content (AvgIpc) is 3.14. The van der Waals surface area contributed by atoms with Crippen LogP contribution in [0.3, 0.4) is 0 Å². The van der Waals surface area contributed by atoms with Gasteiger partial charge in [-0.3, -0.25) is 4.57 Å². The zero-order valence-electron chi connectivity index (χ0n) is 12.8. The van der Waals surface area contributed by atoms with Gasteiger partial charge in [0.25, 0.3) is 0 Å². The van der Waals surface area contributed by atoms with Gasteiger partial charge in [-0.2, -0.15) is 0 Å². The van der Waals surface area contributed by atoms with Gasteiger partial charge in [0.05, 0.1) is 11.9 Å². The summed E-state index contributed by atoms with van der Waals surface area (Å²) in [5, 5.41) is 3.34. The summed E-state index contributed by atoms with van der Waals surface area (Å²) in [6.45, 7) is 0.848. The number of rotatable bonds is 6. The Hall–Kier alpha value is -2.78. The minimum Gasteiger partial charge on any atom is -0.481 e. The summed E-state index contributed by atoms with van der Waals surface area (Å²) in [5.74, 6) is 4.07. The van der Waals surface area contributed by atoms with Crippen molar-refractivity contribution in [3.63, 3.8) is 0 Å². The van der Waals surface area contributed by atoms with Gasteiger partial charge in [0.2, 0.25) is 0 Å². The highest BCUT2D eigenvalue weighted by molar-refractivity contribution is 9.10. The molecule has 0 aliphatic heterocycles. The molecule has 1 N–H and O–H groups in total. The molecule has 3 rings (SSSR count). The predicted octanol–water partition coefficient (Wildman–Crippen LogP) is 3.65. The Balaban J connectivity index is 1.69. The SMILES string of the molecule is C#CCOc1ccc(Br)cc1CNc1ccc(-n2ccnc2)nc1. The number of nitrogens with one attached hydrogen (secondary N) is 1. The van der Waals surface area contributed by atoms with Crippen molar-refractivity contribution < 1.29 is 4.74 Å². The van der Waals surface area contributed by atoms with Gasteiger partial charge in [0.15, 0.2) is 0 Å². The lowest BCUT2D eigenvalue weighted by molar-refractivity contribution is 0.366. The van der Waals surface area contributed by atoms with Crippen molar-refractivity contribution >= 4 is 21.6 Å². The number of nitrogens with zero attached hydrogens (tertiary/aromatic N) is 3. The molecule has 0 spiro atoms. The molecule has 6 heteroatoms. The van der Waals surface area contributed by atoms with Crippen molar-refractivity contribution in [1.82, 2.24) is 14.5 Å². The van der Waals surface area contributed by atoms with E-state index in [1.807, 2.05) is 41.1 Å². The third-order valence-electron chi connectivity index (χ3n) is 3.33. The molecule has 0 aliphatic rings. The minimum absolute atomic E-state index is 0.246. The number of terminal acetylenes is 1. The van der Waals surface area contributed by atoms with Crippen LogP contribution < -0.4 is 10.1 Å². The highest BCUT2D eigenvalue weighted by Crippen LogP contribution is 2.24. The summed E-state index contributed by atoms with van der Waals surface area (Å²) in [4.78, 5) is 8.43. The molecular weight excluding hydrogens is 368 g/mol. The maximum Gasteiger partial charge on any atom is 0.148 e. The van der Waals surface area contributed by atoms with E-state index in [2.05, 4.69) is 37.1 Å². The first kappa shape index (κ1) is 16.1. The largest absolute Gasteiger partial charge is 0.481 e. The van der Waals surface area contributed by atoms with Crippen LogP contribution in [0.25, 0.3) is 5.82 Å². The molecule has 0 aliphatic carbocycles. The fraction of sp³-hybridized carbons (Fsp3) is 0.111. The molecule has 2 aromatic heterocycles. The van der Waals surface area contributed by atoms with Gasteiger partial charge >= 0.3 is 0 Å². The average molecular weight is 383 g/mol. The maximum atomic E-state index is 5.57. The Morgan fingerprint density at radius 1 is 1.29 bits per heavy atom. The molecule has 0 saturated carbocycles. The van der Waals surface area contributed by atoms with E-state index in [9.17, 15) is 0 Å². The maximum absolute atomic E-state index is 5.57. The number of benzene rings is 1. The van der Waals surface area contributed by atoms with Gasteiger partial charge in [0, 0.05) is 29.0 Å². The number of ether oxygens (including phenoxy) is 1. The molecule has 2 heterocycles. The van der Waals surface area contributed by atoms with Gasteiger partial charge in [-0.25, -0.2) is 9.97 Å². The van der Waals surface area contributed by atoms with Gasteiger partial charge < -0.3 is 10.1 Å². The molecule has 24 heavy (non-hydrogen) atoms. The lowest BCUT2D eigenvalue weighted by atomic mass is 10.2. The van der Waals surface area contributed by atoms with Crippen molar-refractivity contribution in [3.05, 3.63) is 65.3 Å². The minimum atomic E-state index is 0.246. The molecule has 1 aromatic carbocycles. The molecule has 0 amide bonds. The normalized spacial score (nSPS) is 10.2. The van der Waals surface area contributed by atoms with Crippen LogP contribution in [0.5, 0.6) is 5.75 Å². The summed E-state index contributed by atoms with van der Waals surface area (Å²) in [5.41, 5.74) is 1.93. The third kappa shape index (κ3) is 3.94. The molecule has 3 aromatic rings. The number of hydrogen-bond donors (Lipinski definition) is 1. The Morgan fingerprint density at radius 3 is 2.92 bits per heavy atom. The first-order valence-corrected chi connectivity index (χ1v) is 8.08. The highest BCUT2D eigenvalue weighted by Gasteiger charge is 2.05. The number of halogens is 1. The Bertz CT molecular complexity index is 838. The molecule has 0 saturated heterocycles. The Labute approximate surface area is 148 Å². The van der Waals surface area contributed by atoms with Gasteiger partial charge in [-0.05, 0) is 30.3 Å². The zero-order chi connectivity index (χ0) is 16.8. The monoisotopic (exact) mass is 382 g/mol. The first-order valence-electron chi connectivity index (χ1n) is 7.29. The van der Waals surface area contributed by atoms with E-state index in [-0.39, 0.29) is 6.61 Å². The summed E-state index contributed by atoms with van der Waals surface area (Å²) in [6, 6.07) is 9.74. The molecule has 0 unspecified atom stereocenters. The standard InChI is InChI=1S/C18H15BrN4O/c1-2-9-24-17-5-3-15(19)10-14(17)11-21-16-4-6-18(22-12-16)23-8-7-20-13-23/h1,3-8,10,12-13,21H,9,11H2. The molecular formula is C18H15BrN4O. The molecule has 0 atom stereocenters. The summed E-state index contributed by atoms with van der Waals surface area (Å²) >= 11 is 3.48. The summed E-state index contributed by atoms with van der Waals surface area (Å²) in [6.07, 6.45) is 12.3. The summed E-state index contributed by atoms with van der Waals surface area (Å²) < 4.78 is 8.41. The lowest BCUT2D eigenvalue weighted by Gasteiger charge is -2.12. The van der Waals surface area contributed by atoms with E-state index in [0.717, 1.165) is 27.3 Å². The number of imidazole rings is 1. The van der Waals surface area contributed by atoms with Crippen molar-refractivity contribution in [1.29, 1.82) is 0 Å². The van der Waals surface area contributed by atoms with Crippen LogP contribution in [0.2, 0.25) is 0 Å². The van der Waals surface area contributed by atoms with Crippen LogP contribution in [0, 0.1) is 12.3 Å². The second-order valence-electron chi connectivity index (χ2n) is 4.97. The number of anilines is 1. The quantitative estimate of drug-likeness (QED) is 0.661. The third-order valence-corrected chi connectivity index (χ3v) is 3.83. The van der Waals surface area contributed by atoms with Crippen LogP contribution in [-0.4, -0.2) is 21.1 Å². The molecule has 0 fully saturated rings. The van der Waals surface area contributed by atoms with E-state index in [0.29, 0.717) is 6.54 Å². The highest BCUT2D eigenvalue weighted by atomic mass is 79.9. The number of hydrogen-bond acceptors (Lipinski definition) is 4. The second-order valence-corrected chi connectivity index (χ2v) is 5.89. The van der Waals surface area contributed by atoms with Crippen molar-refractivity contribution in [2.45, 2.75) is 6.54 Å². The predicted molar refractivity (Wildman–Crippen MR) is 97.2 cm³/mol. The van der Waals surface area contributed by atoms with Gasteiger partial charge in [-0.15, -0.1) is 6.42 Å². The fourth-order valence-corrected chi connectivity index (χ4v) is 2.59. The second kappa shape index (κ2) is 7.66. The van der Waals surface area contributed by atoms with Crippen molar-refractivity contribution in [2.24, 2.45) is 0 Å². The number of pyridine rings is 1. The van der Waals surface area contributed by atoms with E-state index in [1.165, 1.54) is 0 Å². The fourth-order valence-electron chi connectivity index (χ4n) is 2.18. The Morgan fingerprint density at radius 2 is 2.21 bits per heavy atom. The first-order chi connectivity index (χ1) is 11.8. The Kier molecular flexibility index (Phi) is 5.14. The molecule has 0 bridgehead atoms. The summed E-state index contributed by atoms with van der Waals surface area (Å²) in [7, 11) is 0. The molecule has 5 nitrogen and oxygen atoms in total. The van der Waals surface area contributed by atoms with E-state index >= 15 is 0 Å². The number of aromatic nitrogens is 3. The zero-order valence-corrected chi connectivity index (χ0v) is 14.4. The van der Waals surface area contributed by atoms with Crippen molar-refractivity contribution in [3.8, 4) is 23.9 Å². The van der Waals surface area contributed by atoms with Crippen molar-refractivity contribution in [2.75, 3.05) is 11.9 Å². The van der Waals surface area contributed by atoms with E-state index < -0.39 is 0 Å². The lowest BCUT2D eigenvalue weighted by Crippen LogP contribution is -2.04. The van der Waals surface area contributed by atoms with Crippen LogP contribution >= 0.6 is 15.9 Å². The van der Waals surface area contributed by atoms with Crippen LogP contribution in [0.15, 0.2) is 59.7 Å². The van der Waals surface area contributed by atoms with E-state index in [4.69, 9.17) is 11.2 Å². The van der Waals surface area contributed by atoms with E-state index in [1.54, 1.807) is 18.7 Å².